The van der Waals surface area contributed by atoms with Gasteiger partial charge >= 0.3 is 0 Å². The normalized spacial score (nSPS) is 17.3. The molecule has 7 heteroatoms. The highest BCUT2D eigenvalue weighted by Crippen LogP contribution is 2.65. The third-order valence-corrected chi connectivity index (χ3v) is 45.7. The SMILES string of the molecule is CCS(CC)(SC)([Si](C)(C)C)=P(O)(O)O. The lowest BCUT2D eigenvalue weighted by Gasteiger charge is -2.57. The van der Waals surface area contributed by atoms with E-state index in [9.17, 15) is 14.7 Å². The molecule has 0 atom stereocenters. The van der Waals surface area contributed by atoms with E-state index >= 15 is 0 Å². The Morgan fingerprint density at radius 3 is 1.40 bits per heavy atom. The van der Waals surface area contributed by atoms with Crippen LogP contribution < -0.4 is 0 Å². The van der Waals surface area contributed by atoms with Crippen LogP contribution in [0.2, 0.25) is 19.6 Å². The lowest BCUT2D eigenvalue weighted by Crippen LogP contribution is -2.54. The Bertz CT molecular complexity index is 299. The van der Waals surface area contributed by atoms with Gasteiger partial charge in [-0.2, -0.15) is 6.82 Å². The summed E-state index contributed by atoms with van der Waals surface area (Å²) in [6, 6.07) is 0. The van der Waals surface area contributed by atoms with Crippen LogP contribution in [0, 0.1) is 0 Å². The topological polar surface area (TPSA) is 60.7 Å². The first-order chi connectivity index (χ1) is 6.52. The van der Waals surface area contributed by atoms with Crippen LogP contribution in [0.1, 0.15) is 13.8 Å². The van der Waals surface area contributed by atoms with Crippen LogP contribution in [0.4, 0.5) is 0 Å². The van der Waals surface area contributed by atoms with E-state index in [1.165, 1.54) is 0 Å². The third-order valence-electron chi connectivity index (χ3n) is 3.54. The Morgan fingerprint density at radius 2 is 1.40 bits per heavy atom. The van der Waals surface area contributed by atoms with E-state index in [0.717, 1.165) is 0 Å². The van der Waals surface area contributed by atoms with Gasteiger partial charge in [0.1, 0.15) is 7.22 Å². The number of hydrogen-bond donors (Lipinski definition) is 3. The summed E-state index contributed by atoms with van der Waals surface area (Å²) in [5, 5.41) is 0. The monoisotopic (exact) mass is 292 g/mol. The van der Waals surface area contributed by atoms with Crippen molar-refractivity contribution in [1.82, 2.24) is 0 Å². The molecule has 0 unspecified atom stereocenters. The van der Waals surface area contributed by atoms with Crippen molar-refractivity contribution in [2.45, 2.75) is 33.5 Å². The summed E-state index contributed by atoms with van der Waals surface area (Å²) in [6.45, 7) is 4.06. The maximum atomic E-state index is 10.00. The maximum Gasteiger partial charge on any atom is 0.266 e. The number of hydrogen-bond acceptors (Lipinski definition) is 1. The van der Waals surface area contributed by atoms with E-state index in [1.807, 2.05) is 20.1 Å². The predicted molar refractivity (Wildman–Crippen MR) is 78.9 cm³/mol. The molecule has 0 rings (SSSR count). The molecule has 0 amide bonds. The molecule has 96 valence electrons. The van der Waals surface area contributed by atoms with Crippen molar-refractivity contribution in [3.8, 4) is 0 Å². The molecule has 0 aliphatic carbocycles. The van der Waals surface area contributed by atoms with Gasteiger partial charge in [0.05, 0.1) is 0 Å². The van der Waals surface area contributed by atoms with E-state index in [2.05, 4.69) is 19.6 Å². The first kappa shape index (κ1) is 16.2. The summed E-state index contributed by atoms with van der Waals surface area (Å²) in [6.07, 6.45) is 1.92. The van der Waals surface area contributed by atoms with Gasteiger partial charge in [0.15, 0.2) is 0 Å². The summed E-state index contributed by atoms with van der Waals surface area (Å²) in [5.41, 5.74) is 0. The van der Waals surface area contributed by atoms with Crippen molar-refractivity contribution in [2.75, 3.05) is 17.8 Å². The fourth-order valence-corrected chi connectivity index (χ4v) is 33.0. The fourth-order valence-electron chi connectivity index (χ4n) is 2.37. The van der Waals surface area contributed by atoms with Crippen molar-refractivity contribution in [3.05, 3.63) is 0 Å². The molecule has 0 radical (unpaired) electrons. The summed E-state index contributed by atoms with van der Waals surface area (Å²) in [4.78, 5) is 30.0. The van der Waals surface area contributed by atoms with Gasteiger partial charge < -0.3 is 14.7 Å². The predicted octanol–water partition coefficient (Wildman–Crippen LogP) is 2.48. The lowest BCUT2D eigenvalue weighted by molar-refractivity contribution is 0.362. The molecule has 0 aromatic carbocycles. The van der Waals surface area contributed by atoms with Crippen LogP contribution in [-0.4, -0.2) is 39.7 Å². The van der Waals surface area contributed by atoms with E-state index < -0.39 is 20.8 Å². The zero-order valence-corrected chi connectivity index (χ0v) is 14.0. The van der Waals surface area contributed by atoms with Crippen LogP contribution in [0.3, 0.4) is 0 Å². The average Bonchev–Trinajstić information content (AvgIpc) is 2.04. The summed E-state index contributed by atoms with van der Waals surface area (Å²) in [5.74, 6) is 1.39. The van der Waals surface area contributed by atoms with Crippen LogP contribution >= 0.6 is 17.5 Å². The molecule has 0 fully saturated rings. The molecule has 3 N–H and O–H groups in total. The minimum atomic E-state index is -3.78. The Kier molecular flexibility index (Phi) is 4.85. The Morgan fingerprint density at radius 1 is 1.07 bits per heavy atom. The van der Waals surface area contributed by atoms with Gasteiger partial charge in [0.25, 0.3) is 6.72 Å². The lowest BCUT2D eigenvalue weighted by atomic mass is 11.0. The zero-order chi connectivity index (χ0) is 12.6. The van der Waals surface area contributed by atoms with Crippen molar-refractivity contribution in [1.29, 1.82) is 0 Å². The first-order valence-electron chi connectivity index (χ1n) is 5.05. The van der Waals surface area contributed by atoms with Gasteiger partial charge in [-0.25, -0.2) is 0 Å². The molecule has 0 aliphatic rings. The standard InChI is InChI=1S/C8H25O3PS2Si/c1-7-14(8-2,13-3,12(9,10)11)15(4,5)6/h9-11H,7-8H2,1-6H3. The van der Waals surface area contributed by atoms with E-state index in [1.54, 1.807) is 10.8 Å². The van der Waals surface area contributed by atoms with Gasteiger partial charge in [0, 0.05) is 0 Å². The van der Waals surface area contributed by atoms with Gasteiger partial charge in [-0.05, 0) is 17.8 Å². The molecule has 0 aromatic heterocycles. The summed E-state index contributed by atoms with van der Waals surface area (Å²) in [7, 11) is -0.304. The van der Waals surface area contributed by atoms with E-state index in [0.29, 0.717) is 11.5 Å². The quantitative estimate of drug-likeness (QED) is 0.423. The second-order valence-electron chi connectivity index (χ2n) is 4.61. The highest BCUT2D eigenvalue weighted by Gasteiger charge is 2.50. The minimum Gasteiger partial charge on any atom is -0.329 e. The van der Waals surface area contributed by atoms with E-state index in [-0.39, 0.29) is 0 Å². The van der Waals surface area contributed by atoms with Gasteiger partial charge in [-0.1, -0.05) is 33.5 Å². The Hall–Kier alpha value is 1.23. The smallest absolute Gasteiger partial charge is 0.266 e. The second-order valence-corrected chi connectivity index (χ2v) is 30.6. The molecule has 0 aliphatic heterocycles. The van der Waals surface area contributed by atoms with Crippen molar-refractivity contribution >= 4 is 31.6 Å². The molecule has 0 heterocycles. The highest BCUT2D eigenvalue weighted by atomic mass is 33.4. The van der Waals surface area contributed by atoms with Crippen molar-refractivity contribution < 1.29 is 14.7 Å². The summed E-state index contributed by atoms with van der Waals surface area (Å²) < 4.78 is 0. The van der Waals surface area contributed by atoms with Crippen LogP contribution in [0.25, 0.3) is 0 Å². The van der Waals surface area contributed by atoms with E-state index in [4.69, 9.17) is 0 Å². The van der Waals surface area contributed by atoms with Gasteiger partial charge in [-0.15, -0.1) is 10.8 Å². The molecule has 0 aromatic rings. The maximum absolute atomic E-state index is 10.00. The average molecular weight is 292 g/mol. The molecule has 0 saturated heterocycles. The largest absolute Gasteiger partial charge is 0.329 e. The fraction of sp³-hybridized carbons (Fsp3) is 1.00. The molecule has 15 heavy (non-hydrogen) atoms. The van der Waals surface area contributed by atoms with Crippen LogP contribution in [0.5, 0.6) is 0 Å². The molecular formula is C8H25O3PS2Si. The molecular weight excluding hydrogens is 267 g/mol. The highest BCUT2D eigenvalue weighted by molar-refractivity contribution is 9.08. The summed E-state index contributed by atoms with van der Waals surface area (Å²) >= 11 is 0. The molecule has 0 spiro atoms. The number of rotatable bonds is 4. The second kappa shape index (κ2) is 4.48. The van der Waals surface area contributed by atoms with Crippen LogP contribution in [-0.2, 0) is 6.82 Å². The molecule has 3 nitrogen and oxygen atoms in total. The Balaban J connectivity index is 6.55. The molecule has 0 saturated carbocycles. The van der Waals surface area contributed by atoms with Gasteiger partial charge in [0.2, 0.25) is 0 Å². The Labute approximate surface area is 97.5 Å². The molecule has 0 bridgehead atoms. The van der Waals surface area contributed by atoms with Gasteiger partial charge in [-0.3, -0.25) is 0 Å². The van der Waals surface area contributed by atoms with Crippen LogP contribution in [0.15, 0.2) is 0 Å². The minimum absolute atomic E-state index is 0.696. The first-order valence-corrected chi connectivity index (χ1v) is 15.7. The van der Waals surface area contributed by atoms with Crippen molar-refractivity contribution in [3.63, 3.8) is 0 Å². The van der Waals surface area contributed by atoms with Crippen molar-refractivity contribution in [2.24, 2.45) is 0 Å². The zero-order valence-electron chi connectivity index (χ0n) is 10.5. The third kappa shape index (κ3) is 1.92.